The van der Waals surface area contributed by atoms with Gasteiger partial charge < -0.3 is 0 Å². The minimum atomic E-state index is -0.546. The van der Waals surface area contributed by atoms with E-state index in [0.29, 0.717) is 23.7 Å². The molecule has 0 unspecified atom stereocenters. The quantitative estimate of drug-likeness (QED) is 0.388. The highest BCUT2D eigenvalue weighted by Crippen LogP contribution is 2.27. The van der Waals surface area contributed by atoms with Crippen LogP contribution in [0.1, 0.15) is 20.7 Å². The molecule has 0 spiro atoms. The van der Waals surface area contributed by atoms with E-state index in [1.54, 1.807) is 48.5 Å². The Hall–Kier alpha value is -3.66. The zero-order chi connectivity index (χ0) is 18.5. The monoisotopic (exact) mass is 342 g/mol. The highest BCUT2D eigenvalue weighted by Gasteiger charge is 2.07. The first-order valence-electron chi connectivity index (χ1n) is 7.92. The molecule has 126 valence electrons. The third-order valence-electron chi connectivity index (χ3n) is 4.08. The van der Waals surface area contributed by atoms with Gasteiger partial charge in [0.25, 0.3) is 0 Å². The number of rotatable bonds is 6. The molecule has 0 radical (unpaired) electrons. The number of ketones is 2. The molecule has 26 heavy (non-hydrogen) atoms. The molecule has 3 rings (SSSR count). The number of benzene rings is 3. The van der Waals surface area contributed by atoms with Gasteiger partial charge in [-0.15, -0.1) is 0 Å². The van der Waals surface area contributed by atoms with E-state index in [2.05, 4.69) is 0 Å². The maximum absolute atomic E-state index is 11.4. The van der Waals surface area contributed by atoms with Crippen LogP contribution in [0.15, 0.2) is 72.8 Å². The van der Waals surface area contributed by atoms with Crippen LogP contribution in [-0.4, -0.2) is 24.1 Å². The van der Waals surface area contributed by atoms with E-state index in [-0.39, 0.29) is 0 Å². The Kier molecular flexibility index (Phi) is 4.94. The molecule has 0 bridgehead atoms. The van der Waals surface area contributed by atoms with Crippen molar-refractivity contribution in [3.8, 4) is 22.3 Å². The molecule has 3 aromatic rings. The number of Topliss-reactive ketones (excluding diaryl/α,β-unsaturated/α-hetero) is 2. The summed E-state index contributed by atoms with van der Waals surface area (Å²) < 4.78 is 0. The van der Waals surface area contributed by atoms with Crippen LogP contribution in [0.5, 0.6) is 0 Å². The Balaban J connectivity index is 1.91. The topological polar surface area (TPSA) is 68.3 Å². The molecule has 0 atom stereocenters. The van der Waals surface area contributed by atoms with Crippen molar-refractivity contribution in [3.05, 3.63) is 83.9 Å². The second-order valence-corrected chi connectivity index (χ2v) is 5.70. The van der Waals surface area contributed by atoms with Crippen molar-refractivity contribution < 1.29 is 19.2 Å². The third-order valence-corrected chi connectivity index (χ3v) is 4.08. The summed E-state index contributed by atoms with van der Waals surface area (Å²) in [4.78, 5) is 43.9. The summed E-state index contributed by atoms with van der Waals surface area (Å²) >= 11 is 0. The molecule has 0 saturated heterocycles. The molecule has 3 aromatic carbocycles. The van der Waals surface area contributed by atoms with Crippen molar-refractivity contribution in [2.75, 3.05) is 0 Å². The van der Waals surface area contributed by atoms with Gasteiger partial charge in [-0.1, -0.05) is 66.7 Å². The summed E-state index contributed by atoms with van der Waals surface area (Å²) in [7, 11) is 0. The van der Waals surface area contributed by atoms with Gasteiger partial charge in [-0.3, -0.25) is 19.2 Å². The van der Waals surface area contributed by atoms with E-state index in [4.69, 9.17) is 0 Å². The zero-order valence-electron chi connectivity index (χ0n) is 13.7. The van der Waals surface area contributed by atoms with Gasteiger partial charge in [0.2, 0.25) is 11.6 Å². The largest absolute Gasteiger partial charge is 0.294 e. The molecular formula is C22H14O4. The highest BCUT2D eigenvalue weighted by molar-refractivity contribution is 6.33. The van der Waals surface area contributed by atoms with E-state index in [9.17, 15) is 19.2 Å². The van der Waals surface area contributed by atoms with Gasteiger partial charge >= 0.3 is 0 Å². The minimum absolute atomic E-state index is 0.300. The molecule has 4 nitrogen and oxygen atoms in total. The fraction of sp³-hybridized carbons (Fsp3) is 0. The molecule has 0 aliphatic carbocycles. The molecule has 0 amide bonds. The van der Waals surface area contributed by atoms with Gasteiger partial charge in [-0.25, -0.2) is 0 Å². The maximum Gasteiger partial charge on any atom is 0.225 e. The second-order valence-electron chi connectivity index (χ2n) is 5.70. The van der Waals surface area contributed by atoms with Crippen LogP contribution in [0.25, 0.3) is 22.3 Å². The van der Waals surface area contributed by atoms with E-state index in [1.807, 2.05) is 24.3 Å². The Labute approximate surface area is 150 Å². The van der Waals surface area contributed by atoms with Crippen LogP contribution in [0.4, 0.5) is 0 Å². The molecule has 4 heteroatoms. The van der Waals surface area contributed by atoms with Crippen LogP contribution in [0.3, 0.4) is 0 Å². The van der Waals surface area contributed by atoms with Gasteiger partial charge in [0, 0.05) is 11.1 Å². The van der Waals surface area contributed by atoms with Crippen molar-refractivity contribution in [1.29, 1.82) is 0 Å². The molecule has 0 fully saturated rings. The molecule has 0 aliphatic heterocycles. The lowest BCUT2D eigenvalue weighted by atomic mass is 9.97. The Morgan fingerprint density at radius 2 is 0.923 bits per heavy atom. The molecule has 0 saturated carbocycles. The van der Waals surface area contributed by atoms with Crippen molar-refractivity contribution in [2.24, 2.45) is 0 Å². The van der Waals surface area contributed by atoms with E-state index in [0.717, 1.165) is 22.3 Å². The summed E-state index contributed by atoms with van der Waals surface area (Å²) in [5.74, 6) is -1.09. The predicted molar refractivity (Wildman–Crippen MR) is 98.1 cm³/mol. The average molecular weight is 342 g/mol. The van der Waals surface area contributed by atoms with Crippen LogP contribution in [-0.2, 0) is 9.59 Å². The predicted octanol–water partition coefficient (Wildman–Crippen LogP) is 3.78. The van der Waals surface area contributed by atoms with Gasteiger partial charge in [-0.2, -0.15) is 0 Å². The Morgan fingerprint density at radius 3 is 1.27 bits per heavy atom. The SMILES string of the molecule is O=CC(=O)c1ccc(-c2cccc(-c3ccc(C(=O)C=O)cc3)c2)cc1. The lowest BCUT2D eigenvalue weighted by molar-refractivity contribution is -0.105. The van der Waals surface area contributed by atoms with Crippen molar-refractivity contribution in [1.82, 2.24) is 0 Å². The van der Waals surface area contributed by atoms with E-state index in [1.165, 1.54) is 0 Å². The number of hydrogen-bond acceptors (Lipinski definition) is 4. The first-order valence-corrected chi connectivity index (χ1v) is 7.92. The fourth-order valence-corrected chi connectivity index (χ4v) is 2.67. The zero-order valence-corrected chi connectivity index (χ0v) is 13.7. The normalized spacial score (nSPS) is 10.2. The van der Waals surface area contributed by atoms with Gasteiger partial charge in [-0.05, 0) is 28.3 Å². The second kappa shape index (κ2) is 7.49. The highest BCUT2D eigenvalue weighted by atomic mass is 16.2. The van der Waals surface area contributed by atoms with Crippen LogP contribution in [0, 0.1) is 0 Å². The lowest BCUT2D eigenvalue weighted by Gasteiger charge is -2.07. The summed E-state index contributed by atoms with van der Waals surface area (Å²) in [5, 5.41) is 0. The Morgan fingerprint density at radius 1 is 0.538 bits per heavy atom. The van der Waals surface area contributed by atoms with Gasteiger partial charge in [0.15, 0.2) is 12.6 Å². The summed E-state index contributed by atoms with van der Waals surface area (Å²) in [6.07, 6.45) is 0.600. The number of aldehydes is 2. The number of hydrogen-bond donors (Lipinski definition) is 0. The van der Waals surface area contributed by atoms with Crippen LogP contribution in [0.2, 0.25) is 0 Å². The molecule has 0 aliphatic rings. The fourth-order valence-electron chi connectivity index (χ4n) is 2.67. The third kappa shape index (κ3) is 3.54. The Bertz CT molecular complexity index is 905. The van der Waals surface area contributed by atoms with E-state index < -0.39 is 11.6 Å². The van der Waals surface area contributed by atoms with Crippen molar-refractivity contribution in [2.45, 2.75) is 0 Å². The molecular weight excluding hydrogens is 328 g/mol. The first kappa shape index (κ1) is 17.2. The number of carbonyl (C=O) groups is 4. The van der Waals surface area contributed by atoms with E-state index >= 15 is 0 Å². The standard InChI is InChI=1S/C22H14O4/c23-13-21(25)17-8-4-15(5-9-17)19-2-1-3-20(12-19)16-6-10-18(11-7-16)22(26)14-24/h1-14H. The molecule has 0 N–H and O–H groups in total. The van der Waals surface area contributed by atoms with Gasteiger partial charge in [0.05, 0.1) is 0 Å². The summed E-state index contributed by atoms with van der Waals surface area (Å²) in [6.45, 7) is 0. The lowest BCUT2D eigenvalue weighted by Crippen LogP contribution is -1.99. The molecule has 0 aromatic heterocycles. The summed E-state index contributed by atoms with van der Waals surface area (Å²) in [5.41, 5.74) is 4.47. The first-order chi connectivity index (χ1) is 12.6. The number of carbonyl (C=O) groups excluding carboxylic acids is 4. The van der Waals surface area contributed by atoms with Crippen molar-refractivity contribution in [3.63, 3.8) is 0 Å². The van der Waals surface area contributed by atoms with Crippen LogP contribution >= 0.6 is 0 Å². The van der Waals surface area contributed by atoms with Crippen LogP contribution < -0.4 is 0 Å². The van der Waals surface area contributed by atoms with Gasteiger partial charge in [0.1, 0.15) is 0 Å². The smallest absolute Gasteiger partial charge is 0.225 e. The summed E-state index contributed by atoms with van der Waals surface area (Å²) in [6, 6.07) is 21.5. The average Bonchev–Trinajstić information content (AvgIpc) is 2.73. The molecule has 0 heterocycles. The maximum atomic E-state index is 11.4. The minimum Gasteiger partial charge on any atom is -0.294 e. The van der Waals surface area contributed by atoms with Crippen molar-refractivity contribution >= 4 is 24.1 Å².